The first-order valence-electron chi connectivity index (χ1n) is 6.21. The second kappa shape index (κ2) is 5.67. The molecular formula is C13H14N4O3. The third-order valence-corrected chi connectivity index (χ3v) is 3.39. The zero-order valence-electron chi connectivity index (χ0n) is 11.0. The number of benzene rings is 1. The minimum Gasteiger partial charge on any atom is -0.320 e. The maximum Gasteiger partial charge on any atom is 0.273 e. The van der Waals surface area contributed by atoms with Crippen molar-refractivity contribution < 1.29 is 9.72 Å². The molecule has 1 aromatic carbocycles. The fourth-order valence-corrected chi connectivity index (χ4v) is 2.27. The topological polar surface area (TPSA) is 99.3 Å². The van der Waals surface area contributed by atoms with E-state index in [0.717, 1.165) is 0 Å². The number of nitro groups is 1. The number of nitrogens with one attached hydrogen (secondary N) is 1. The van der Waals surface area contributed by atoms with E-state index in [9.17, 15) is 14.9 Å². The summed E-state index contributed by atoms with van der Waals surface area (Å²) in [4.78, 5) is 24.4. The summed E-state index contributed by atoms with van der Waals surface area (Å²) in [5.41, 5.74) is 0.526. The van der Waals surface area contributed by atoms with Crippen LogP contribution in [0.2, 0.25) is 0 Å². The minimum atomic E-state index is -0.546. The Bertz CT molecular complexity index is 594. The van der Waals surface area contributed by atoms with E-state index in [1.165, 1.54) is 17.0 Å². The van der Waals surface area contributed by atoms with Crippen molar-refractivity contribution in [2.45, 2.75) is 13.0 Å². The van der Waals surface area contributed by atoms with E-state index in [1.54, 1.807) is 13.0 Å². The Hall–Kier alpha value is -2.46. The molecule has 1 unspecified atom stereocenters. The van der Waals surface area contributed by atoms with Crippen molar-refractivity contribution >= 4 is 11.6 Å². The van der Waals surface area contributed by atoms with Gasteiger partial charge in [-0.15, -0.1) is 0 Å². The molecule has 1 fully saturated rings. The predicted octanol–water partition coefficient (Wildman–Crippen LogP) is 0.841. The molecule has 0 aromatic heterocycles. The Morgan fingerprint density at radius 1 is 1.60 bits per heavy atom. The molecule has 0 spiro atoms. The summed E-state index contributed by atoms with van der Waals surface area (Å²) in [7, 11) is 0. The summed E-state index contributed by atoms with van der Waals surface area (Å²) in [5, 5.41) is 23.0. The van der Waals surface area contributed by atoms with Gasteiger partial charge in [-0.2, -0.15) is 5.26 Å². The molecular weight excluding hydrogens is 260 g/mol. The van der Waals surface area contributed by atoms with E-state index < -0.39 is 11.0 Å². The molecule has 1 aliphatic rings. The average molecular weight is 274 g/mol. The van der Waals surface area contributed by atoms with E-state index >= 15 is 0 Å². The zero-order chi connectivity index (χ0) is 14.7. The summed E-state index contributed by atoms with van der Waals surface area (Å²) in [6.45, 7) is 2.99. The average Bonchev–Trinajstić information content (AvgIpc) is 2.46. The van der Waals surface area contributed by atoms with Crippen LogP contribution in [-0.2, 0) is 0 Å². The van der Waals surface area contributed by atoms with Crippen molar-refractivity contribution in [3.63, 3.8) is 0 Å². The highest BCUT2D eigenvalue weighted by molar-refractivity contribution is 5.97. The Morgan fingerprint density at radius 3 is 3.00 bits per heavy atom. The Kier molecular flexibility index (Phi) is 3.96. The van der Waals surface area contributed by atoms with Gasteiger partial charge < -0.3 is 10.2 Å². The largest absolute Gasteiger partial charge is 0.320 e. The third kappa shape index (κ3) is 2.46. The fourth-order valence-electron chi connectivity index (χ4n) is 2.27. The Labute approximate surface area is 115 Å². The second-order valence-electron chi connectivity index (χ2n) is 4.55. The summed E-state index contributed by atoms with van der Waals surface area (Å²) in [6.07, 6.45) is 0. The van der Waals surface area contributed by atoms with E-state index in [-0.39, 0.29) is 17.2 Å². The highest BCUT2D eigenvalue weighted by Gasteiger charge is 2.29. The van der Waals surface area contributed by atoms with Crippen LogP contribution in [0, 0.1) is 28.4 Å². The highest BCUT2D eigenvalue weighted by Crippen LogP contribution is 2.23. The van der Waals surface area contributed by atoms with Crippen molar-refractivity contribution in [1.29, 1.82) is 5.26 Å². The van der Waals surface area contributed by atoms with Crippen LogP contribution in [0.4, 0.5) is 5.69 Å². The molecule has 7 nitrogen and oxygen atoms in total. The summed E-state index contributed by atoms with van der Waals surface area (Å²) in [5.74, 6) is -0.334. The number of nitrogens with zero attached hydrogens (tertiary/aromatic N) is 3. The van der Waals surface area contributed by atoms with Gasteiger partial charge in [0.25, 0.3) is 11.6 Å². The lowest BCUT2D eigenvalue weighted by atomic mass is 10.0. The number of carbonyl (C=O) groups excluding carboxylic acids is 1. The molecule has 0 aliphatic carbocycles. The first-order valence-corrected chi connectivity index (χ1v) is 6.21. The van der Waals surface area contributed by atoms with Crippen LogP contribution in [0.25, 0.3) is 0 Å². The normalized spacial score (nSPS) is 18.4. The van der Waals surface area contributed by atoms with Crippen molar-refractivity contribution in [3.05, 3.63) is 39.4 Å². The van der Waals surface area contributed by atoms with Gasteiger partial charge in [0.05, 0.1) is 11.0 Å². The van der Waals surface area contributed by atoms with Gasteiger partial charge in [-0.25, -0.2) is 0 Å². The van der Waals surface area contributed by atoms with E-state index in [2.05, 4.69) is 11.4 Å². The van der Waals surface area contributed by atoms with E-state index in [0.29, 0.717) is 25.2 Å². The number of nitro benzene ring substituents is 1. The molecule has 1 heterocycles. The predicted molar refractivity (Wildman–Crippen MR) is 71.1 cm³/mol. The van der Waals surface area contributed by atoms with Gasteiger partial charge in [-0.3, -0.25) is 14.9 Å². The second-order valence-corrected chi connectivity index (χ2v) is 4.55. The quantitative estimate of drug-likeness (QED) is 0.636. The molecule has 1 aromatic rings. The number of amides is 1. The molecule has 0 radical (unpaired) electrons. The summed E-state index contributed by atoms with van der Waals surface area (Å²) in [6, 6.07) is 5.94. The monoisotopic (exact) mass is 274 g/mol. The van der Waals surface area contributed by atoms with Gasteiger partial charge in [0.1, 0.15) is 6.04 Å². The number of rotatable bonds is 2. The highest BCUT2D eigenvalue weighted by atomic mass is 16.6. The number of hydrogen-bond donors (Lipinski definition) is 1. The number of hydrogen-bond acceptors (Lipinski definition) is 5. The molecule has 1 saturated heterocycles. The number of carbonyl (C=O) groups is 1. The van der Waals surface area contributed by atoms with Crippen LogP contribution in [0.1, 0.15) is 15.9 Å². The number of nitriles is 1. The van der Waals surface area contributed by atoms with Crippen molar-refractivity contribution in [1.82, 2.24) is 10.2 Å². The molecule has 0 saturated carbocycles. The molecule has 7 heteroatoms. The summed E-state index contributed by atoms with van der Waals surface area (Å²) < 4.78 is 0. The Balaban J connectivity index is 2.36. The van der Waals surface area contributed by atoms with Crippen LogP contribution in [-0.4, -0.2) is 41.4 Å². The SMILES string of the molecule is Cc1c(C(=O)N2CCNCC2C#N)cccc1[N+](=O)[O-]. The lowest BCUT2D eigenvalue weighted by molar-refractivity contribution is -0.385. The first kappa shape index (κ1) is 14.0. The molecule has 1 aliphatic heterocycles. The lowest BCUT2D eigenvalue weighted by Gasteiger charge is -2.32. The zero-order valence-corrected chi connectivity index (χ0v) is 11.0. The van der Waals surface area contributed by atoms with Crippen molar-refractivity contribution in [3.8, 4) is 6.07 Å². The van der Waals surface area contributed by atoms with E-state index in [1.807, 2.05) is 0 Å². The van der Waals surface area contributed by atoms with Crippen LogP contribution in [0.15, 0.2) is 18.2 Å². The van der Waals surface area contributed by atoms with Gasteiger partial charge in [0, 0.05) is 36.8 Å². The maximum atomic E-state index is 12.5. The van der Waals surface area contributed by atoms with Crippen molar-refractivity contribution in [2.24, 2.45) is 0 Å². The minimum absolute atomic E-state index is 0.0838. The smallest absolute Gasteiger partial charge is 0.273 e. The molecule has 1 amide bonds. The van der Waals surface area contributed by atoms with Gasteiger partial charge >= 0.3 is 0 Å². The van der Waals surface area contributed by atoms with Crippen LogP contribution >= 0.6 is 0 Å². The molecule has 0 bridgehead atoms. The number of piperazine rings is 1. The van der Waals surface area contributed by atoms with Crippen LogP contribution in [0.5, 0.6) is 0 Å². The maximum absolute atomic E-state index is 12.5. The summed E-state index contributed by atoms with van der Waals surface area (Å²) >= 11 is 0. The van der Waals surface area contributed by atoms with E-state index in [4.69, 9.17) is 5.26 Å². The molecule has 2 rings (SSSR count). The van der Waals surface area contributed by atoms with Gasteiger partial charge in [0.2, 0.25) is 0 Å². The molecule has 1 N–H and O–H groups in total. The molecule has 20 heavy (non-hydrogen) atoms. The molecule has 104 valence electrons. The van der Waals surface area contributed by atoms with Gasteiger partial charge in [0.15, 0.2) is 0 Å². The Morgan fingerprint density at radius 2 is 2.35 bits per heavy atom. The van der Waals surface area contributed by atoms with Crippen molar-refractivity contribution in [2.75, 3.05) is 19.6 Å². The third-order valence-electron chi connectivity index (χ3n) is 3.39. The first-order chi connectivity index (χ1) is 9.56. The fraction of sp³-hybridized carbons (Fsp3) is 0.385. The standard InChI is InChI=1S/C13H14N4O3/c1-9-11(3-2-4-12(9)17(19)20)13(18)16-6-5-15-8-10(16)7-14/h2-4,10,15H,5-6,8H2,1H3. The molecule has 1 atom stereocenters. The van der Waals surface area contributed by atoms with Crippen LogP contribution in [0.3, 0.4) is 0 Å². The van der Waals surface area contributed by atoms with Crippen LogP contribution < -0.4 is 5.32 Å². The van der Waals surface area contributed by atoms with Gasteiger partial charge in [-0.1, -0.05) is 6.07 Å². The lowest BCUT2D eigenvalue weighted by Crippen LogP contribution is -2.53. The van der Waals surface area contributed by atoms with Gasteiger partial charge in [-0.05, 0) is 13.0 Å².